The van der Waals surface area contributed by atoms with E-state index in [1.54, 1.807) is 17.0 Å². The van der Waals surface area contributed by atoms with Gasteiger partial charge >= 0.3 is 0 Å². The van der Waals surface area contributed by atoms with Crippen LogP contribution in [0.3, 0.4) is 0 Å². The third kappa shape index (κ3) is 2.46. The SMILES string of the molecule is CCC1C(=O)NCCN1C(=O)c1ccc(Cl)nc1. The molecule has 0 aliphatic carbocycles. The van der Waals surface area contributed by atoms with Gasteiger partial charge in [0.1, 0.15) is 11.2 Å². The summed E-state index contributed by atoms with van der Waals surface area (Å²) in [5.74, 6) is -0.278. The number of pyridine rings is 1. The number of carbonyl (C=O) groups is 2. The predicted octanol–water partition coefficient (Wildman–Crippen LogP) is 1.09. The molecule has 0 radical (unpaired) electrons. The van der Waals surface area contributed by atoms with Crippen LogP contribution in [0.15, 0.2) is 18.3 Å². The summed E-state index contributed by atoms with van der Waals surface area (Å²) < 4.78 is 0. The molecule has 18 heavy (non-hydrogen) atoms. The molecule has 1 aromatic heterocycles. The Bertz CT molecular complexity index is 461. The molecule has 2 rings (SSSR count). The van der Waals surface area contributed by atoms with E-state index in [4.69, 9.17) is 11.6 Å². The molecule has 2 amide bonds. The molecule has 96 valence electrons. The van der Waals surface area contributed by atoms with E-state index in [-0.39, 0.29) is 11.8 Å². The van der Waals surface area contributed by atoms with Crippen molar-refractivity contribution in [1.29, 1.82) is 0 Å². The Balaban J connectivity index is 2.21. The minimum Gasteiger partial charge on any atom is -0.353 e. The Morgan fingerprint density at radius 3 is 3.00 bits per heavy atom. The zero-order chi connectivity index (χ0) is 13.1. The van der Waals surface area contributed by atoms with Gasteiger partial charge in [-0.25, -0.2) is 4.98 Å². The fourth-order valence-corrected chi connectivity index (χ4v) is 2.14. The van der Waals surface area contributed by atoms with E-state index < -0.39 is 6.04 Å². The van der Waals surface area contributed by atoms with Crippen molar-refractivity contribution in [1.82, 2.24) is 15.2 Å². The molecular formula is C12H14ClN3O2. The van der Waals surface area contributed by atoms with Crippen molar-refractivity contribution in [3.63, 3.8) is 0 Å². The fraction of sp³-hybridized carbons (Fsp3) is 0.417. The van der Waals surface area contributed by atoms with Gasteiger partial charge in [0.15, 0.2) is 0 Å². The maximum absolute atomic E-state index is 12.3. The van der Waals surface area contributed by atoms with E-state index >= 15 is 0 Å². The van der Waals surface area contributed by atoms with E-state index in [9.17, 15) is 9.59 Å². The van der Waals surface area contributed by atoms with Crippen LogP contribution in [0, 0.1) is 0 Å². The lowest BCUT2D eigenvalue weighted by Gasteiger charge is -2.34. The monoisotopic (exact) mass is 267 g/mol. The minimum atomic E-state index is -0.401. The number of nitrogens with zero attached hydrogens (tertiary/aromatic N) is 2. The molecular weight excluding hydrogens is 254 g/mol. The molecule has 1 fully saturated rings. The summed E-state index contributed by atoms with van der Waals surface area (Å²) in [6.07, 6.45) is 2.03. The molecule has 1 saturated heterocycles. The van der Waals surface area contributed by atoms with E-state index in [1.165, 1.54) is 6.20 Å². The van der Waals surface area contributed by atoms with Crippen molar-refractivity contribution in [2.45, 2.75) is 19.4 Å². The second-order valence-electron chi connectivity index (χ2n) is 4.08. The van der Waals surface area contributed by atoms with E-state index in [0.717, 1.165) is 0 Å². The van der Waals surface area contributed by atoms with Crippen molar-refractivity contribution < 1.29 is 9.59 Å². The van der Waals surface area contributed by atoms with Gasteiger partial charge in [0.25, 0.3) is 5.91 Å². The molecule has 6 heteroatoms. The van der Waals surface area contributed by atoms with Gasteiger partial charge in [0, 0.05) is 19.3 Å². The Morgan fingerprint density at radius 1 is 1.61 bits per heavy atom. The van der Waals surface area contributed by atoms with Crippen LogP contribution in [0.4, 0.5) is 0 Å². The number of aromatic nitrogens is 1. The molecule has 2 heterocycles. The average molecular weight is 268 g/mol. The molecule has 1 aliphatic heterocycles. The van der Waals surface area contributed by atoms with Crippen molar-refractivity contribution in [3.05, 3.63) is 29.0 Å². The summed E-state index contributed by atoms with van der Waals surface area (Å²) in [6, 6.07) is 2.79. The third-order valence-corrected chi connectivity index (χ3v) is 3.18. The normalized spacial score (nSPS) is 19.6. The molecule has 0 bridgehead atoms. The van der Waals surface area contributed by atoms with Crippen LogP contribution >= 0.6 is 11.6 Å². The highest BCUT2D eigenvalue weighted by Crippen LogP contribution is 2.14. The molecule has 1 unspecified atom stereocenters. The average Bonchev–Trinajstić information content (AvgIpc) is 2.38. The Labute approximate surface area is 110 Å². The lowest BCUT2D eigenvalue weighted by atomic mass is 10.1. The predicted molar refractivity (Wildman–Crippen MR) is 67.4 cm³/mol. The van der Waals surface area contributed by atoms with E-state index in [1.807, 2.05) is 6.92 Å². The van der Waals surface area contributed by atoms with Crippen molar-refractivity contribution in [2.75, 3.05) is 13.1 Å². The third-order valence-electron chi connectivity index (χ3n) is 2.95. The van der Waals surface area contributed by atoms with Gasteiger partial charge in [-0.3, -0.25) is 9.59 Å². The maximum atomic E-state index is 12.3. The summed E-state index contributed by atoms with van der Waals surface area (Å²) in [7, 11) is 0. The molecule has 1 aliphatic rings. The standard InChI is InChI=1S/C12H14ClN3O2/c1-2-9-11(17)14-5-6-16(9)12(18)8-3-4-10(13)15-7-8/h3-4,7,9H,2,5-6H2,1H3,(H,14,17). The van der Waals surface area contributed by atoms with Crippen LogP contribution in [0.5, 0.6) is 0 Å². The Morgan fingerprint density at radius 2 is 2.39 bits per heavy atom. The largest absolute Gasteiger partial charge is 0.353 e. The van der Waals surface area contributed by atoms with Crippen molar-refractivity contribution >= 4 is 23.4 Å². The van der Waals surface area contributed by atoms with Gasteiger partial charge < -0.3 is 10.2 Å². The van der Waals surface area contributed by atoms with Crippen LogP contribution in [0.2, 0.25) is 5.15 Å². The second-order valence-corrected chi connectivity index (χ2v) is 4.47. The minimum absolute atomic E-state index is 0.0981. The van der Waals surface area contributed by atoms with E-state index in [2.05, 4.69) is 10.3 Å². The second kappa shape index (κ2) is 5.35. The zero-order valence-electron chi connectivity index (χ0n) is 10.0. The molecule has 0 spiro atoms. The number of piperazine rings is 1. The fourth-order valence-electron chi connectivity index (χ4n) is 2.03. The lowest BCUT2D eigenvalue weighted by Crippen LogP contribution is -2.56. The first-order chi connectivity index (χ1) is 8.63. The quantitative estimate of drug-likeness (QED) is 0.816. The van der Waals surface area contributed by atoms with Crippen molar-refractivity contribution in [2.24, 2.45) is 0 Å². The van der Waals surface area contributed by atoms with Crippen LogP contribution in [0.1, 0.15) is 23.7 Å². The van der Waals surface area contributed by atoms with Gasteiger partial charge in [-0.15, -0.1) is 0 Å². The zero-order valence-corrected chi connectivity index (χ0v) is 10.8. The van der Waals surface area contributed by atoms with Crippen LogP contribution < -0.4 is 5.32 Å². The van der Waals surface area contributed by atoms with Crippen LogP contribution in [-0.4, -0.2) is 40.8 Å². The summed E-state index contributed by atoms with van der Waals surface area (Å²) in [5, 5.41) is 3.10. The highest BCUT2D eigenvalue weighted by atomic mass is 35.5. The van der Waals surface area contributed by atoms with Gasteiger partial charge in [-0.1, -0.05) is 18.5 Å². The molecule has 5 nitrogen and oxygen atoms in total. The van der Waals surface area contributed by atoms with Crippen LogP contribution in [-0.2, 0) is 4.79 Å². The summed E-state index contributed by atoms with van der Waals surface area (Å²) in [4.78, 5) is 29.4. The Hall–Kier alpha value is -1.62. The number of rotatable bonds is 2. The molecule has 0 aromatic carbocycles. The van der Waals surface area contributed by atoms with Gasteiger partial charge in [0.05, 0.1) is 5.56 Å². The number of halogens is 1. The van der Waals surface area contributed by atoms with Gasteiger partial charge in [-0.05, 0) is 18.6 Å². The van der Waals surface area contributed by atoms with Crippen LogP contribution in [0.25, 0.3) is 0 Å². The molecule has 1 aromatic rings. The summed E-state index contributed by atoms with van der Waals surface area (Å²) >= 11 is 5.68. The molecule has 1 N–H and O–H groups in total. The maximum Gasteiger partial charge on any atom is 0.256 e. The number of hydrogen-bond donors (Lipinski definition) is 1. The molecule has 0 saturated carbocycles. The topological polar surface area (TPSA) is 62.3 Å². The van der Waals surface area contributed by atoms with Gasteiger partial charge in [-0.2, -0.15) is 0 Å². The lowest BCUT2D eigenvalue weighted by molar-refractivity contribution is -0.127. The summed E-state index contributed by atoms with van der Waals surface area (Å²) in [6.45, 7) is 2.89. The summed E-state index contributed by atoms with van der Waals surface area (Å²) in [5.41, 5.74) is 0.451. The first-order valence-electron chi connectivity index (χ1n) is 5.83. The number of nitrogens with one attached hydrogen (secondary N) is 1. The smallest absolute Gasteiger partial charge is 0.256 e. The number of amides is 2. The first-order valence-corrected chi connectivity index (χ1v) is 6.21. The molecule has 1 atom stereocenters. The van der Waals surface area contributed by atoms with Crippen molar-refractivity contribution in [3.8, 4) is 0 Å². The van der Waals surface area contributed by atoms with E-state index in [0.29, 0.717) is 30.2 Å². The first kappa shape index (κ1) is 12.8. The highest BCUT2D eigenvalue weighted by Gasteiger charge is 2.32. The number of carbonyl (C=O) groups excluding carboxylic acids is 2. The van der Waals surface area contributed by atoms with Gasteiger partial charge in [0.2, 0.25) is 5.91 Å². The highest BCUT2D eigenvalue weighted by molar-refractivity contribution is 6.29. The number of hydrogen-bond acceptors (Lipinski definition) is 3. The Kier molecular flexibility index (Phi) is 3.81.